The Hall–Kier alpha value is -0.0431. The maximum Gasteiger partial charge on any atom is 0.0480 e. The Morgan fingerprint density at radius 2 is 1.38 bits per heavy atom. The second kappa shape index (κ2) is 10.0. The lowest BCUT2D eigenvalue weighted by molar-refractivity contribution is 0.702. The summed E-state index contributed by atoms with van der Waals surface area (Å²) in [5.74, 6) is 0. The lowest BCUT2D eigenvalue weighted by atomic mass is 10.2. The van der Waals surface area contributed by atoms with Gasteiger partial charge in [-0.2, -0.15) is 0 Å². The first-order valence-electron chi connectivity index (χ1n) is 5.58. The van der Waals surface area contributed by atoms with Crippen molar-refractivity contribution in [2.24, 2.45) is 0 Å². The third-order valence-corrected chi connectivity index (χ3v) is 3.23. The molecule has 0 aromatic rings. The Morgan fingerprint density at radius 1 is 1.00 bits per heavy atom. The molecule has 0 aromatic heterocycles. The lowest BCUT2D eigenvalue weighted by Crippen LogP contribution is -2.16. The monoisotopic (exact) mass is 200 g/mol. The van der Waals surface area contributed by atoms with Crippen molar-refractivity contribution < 1.29 is 0 Å². The first kappa shape index (κ1) is 15.4. The molecular weight excluding hydrogens is 172 g/mol. The van der Waals surface area contributed by atoms with E-state index in [0.717, 1.165) is 0 Å². The molecule has 0 atom stereocenters. The number of unbranched alkanes of at least 4 members (excludes halogenated alkanes) is 3. The summed E-state index contributed by atoms with van der Waals surface area (Å²) in [4.78, 5) is 0. The molecule has 0 saturated carbocycles. The van der Waals surface area contributed by atoms with Crippen LogP contribution in [0.4, 0.5) is 0 Å². The second-order valence-corrected chi connectivity index (χ2v) is 10.3. The summed E-state index contributed by atoms with van der Waals surface area (Å²) in [5.41, 5.74) is 0. The summed E-state index contributed by atoms with van der Waals surface area (Å²) < 4.78 is 0. The standard InChI is InChI=1S/C6H14Si.C6H14/c1-5-6-7(2,3)4;1-3-5-6-4-2/h5H,1,6H2,2-4H3;3-6H2,1-2H3. The van der Waals surface area contributed by atoms with Crippen LogP contribution in [0.3, 0.4) is 0 Å². The molecule has 0 N–H and O–H groups in total. The smallest absolute Gasteiger partial charge is 0.0480 e. The van der Waals surface area contributed by atoms with Crippen LogP contribution in [0.1, 0.15) is 39.5 Å². The Bertz CT molecular complexity index is 96.2. The lowest BCUT2D eigenvalue weighted by Gasteiger charge is -2.10. The van der Waals surface area contributed by atoms with Gasteiger partial charge in [-0.1, -0.05) is 65.2 Å². The van der Waals surface area contributed by atoms with Crippen molar-refractivity contribution in [3.63, 3.8) is 0 Å². The molecule has 13 heavy (non-hydrogen) atoms. The van der Waals surface area contributed by atoms with Crippen LogP contribution in [0.5, 0.6) is 0 Å². The van der Waals surface area contributed by atoms with Crippen LogP contribution in [-0.4, -0.2) is 8.07 Å². The van der Waals surface area contributed by atoms with E-state index in [0.29, 0.717) is 0 Å². The minimum Gasteiger partial charge on any atom is -0.103 e. The molecule has 0 amide bonds. The molecule has 1 heteroatoms. The highest BCUT2D eigenvalue weighted by molar-refractivity contribution is 6.76. The maximum absolute atomic E-state index is 3.68. The minimum atomic E-state index is -0.775. The first-order chi connectivity index (χ1) is 5.97. The van der Waals surface area contributed by atoms with Gasteiger partial charge in [-0.05, 0) is 6.04 Å². The fraction of sp³-hybridized carbons (Fsp3) is 0.833. The highest BCUT2D eigenvalue weighted by Crippen LogP contribution is 2.06. The van der Waals surface area contributed by atoms with E-state index in [2.05, 4.69) is 40.1 Å². The van der Waals surface area contributed by atoms with Crippen molar-refractivity contribution in [1.29, 1.82) is 0 Å². The highest BCUT2D eigenvalue weighted by Gasteiger charge is 2.08. The largest absolute Gasteiger partial charge is 0.103 e. The third kappa shape index (κ3) is 24.5. The average molecular weight is 200 g/mol. The topological polar surface area (TPSA) is 0 Å². The summed E-state index contributed by atoms with van der Waals surface area (Å²) >= 11 is 0. The van der Waals surface area contributed by atoms with E-state index in [4.69, 9.17) is 0 Å². The van der Waals surface area contributed by atoms with Crippen LogP contribution in [0.2, 0.25) is 25.7 Å². The highest BCUT2D eigenvalue weighted by atomic mass is 28.3. The second-order valence-electron chi connectivity index (χ2n) is 4.76. The molecule has 0 aliphatic heterocycles. The Labute approximate surface area is 86.5 Å². The molecule has 0 saturated heterocycles. The van der Waals surface area contributed by atoms with Gasteiger partial charge in [0.15, 0.2) is 0 Å². The van der Waals surface area contributed by atoms with Gasteiger partial charge in [0.05, 0.1) is 0 Å². The summed E-state index contributed by atoms with van der Waals surface area (Å²) in [6.45, 7) is 15.2. The van der Waals surface area contributed by atoms with E-state index in [9.17, 15) is 0 Å². The van der Waals surface area contributed by atoms with Crippen LogP contribution in [-0.2, 0) is 0 Å². The van der Waals surface area contributed by atoms with E-state index in [1.54, 1.807) is 0 Å². The van der Waals surface area contributed by atoms with Crippen LogP contribution in [0.25, 0.3) is 0 Å². The molecule has 80 valence electrons. The molecule has 0 rings (SSSR count). The summed E-state index contributed by atoms with van der Waals surface area (Å²) in [6, 6.07) is 1.24. The molecule has 0 spiro atoms. The molecule has 0 radical (unpaired) electrons. The fourth-order valence-electron chi connectivity index (χ4n) is 0.933. The van der Waals surface area contributed by atoms with Gasteiger partial charge in [-0.15, -0.1) is 6.58 Å². The molecule has 0 aliphatic carbocycles. The third-order valence-electron chi connectivity index (χ3n) is 1.71. The summed E-state index contributed by atoms with van der Waals surface area (Å²) in [7, 11) is -0.775. The fourth-order valence-corrected chi connectivity index (χ4v) is 1.80. The number of hydrogen-bond acceptors (Lipinski definition) is 0. The van der Waals surface area contributed by atoms with Crippen LogP contribution in [0, 0.1) is 0 Å². The van der Waals surface area contributed by atoms with Gasteiger partial charge in [-0.3, -0.25) is 0 Å². The van der Waals surface area contributed by atoms with Gasteiger partial charge < -0.3 is 0 Å². The Balaban J connectivity index is 0. The van der Waals surface area contributed by atoms with Gasteiger partial charge in [0.2, 0.25) is 0 Å². The molecule has 0 unspecified atom stereocenters. The van der Waals surface area contributed by atoms with E-state index in [1.807, 2.05) is 6.08 Å². The van der Waals surface area contributed by atoms with Gasteiger partial charge in [0.1, 0.15) is 0 Å². The predicted molar refractivity (Wildman–Crippen MR) is 68.2 cm³/mol. The van der Waals surface area contributed by atoms with Crippen LogP contribution >= 0.6 is 0 Å². The van der Waals surface area contributed by atoms with Crippen molar-refractivity contribution in [2.45, 2.75) is 65.2 Å². The molecule has 0 nitrogen and oxygen atoms in total. The average Bonchev–Trinajstić information content (AvgIpc) is 1.99. The quantitative estimate of drug-likeness (QED) is 0.329. The molecular formula is C12H28Si. The van der Waals surface area contributed by atoms with Crippen molar-refractivity contribution in [2.75, 3.05) is 0 Å². The van der Waals surface area contributed by atoms with Gasteiger partial charge >= 0.3 is 0 Å². The molecule has 0 bridgehead atoms. The van der Waals surface area contributed by atoms with Gasteiger partial charge in [-0.25, -0.2) is 0 Å². The minimum absolute atomic E-state index is 0.775. The zero-order chi connectivity index (χ0) is 10.7. The zero-order valence-corrected chi connectivity index (χ0v) is 11.3. The first-order valence-corrected chi connectivity index (χ1v) is 9.29. The van der Waals surface area contributed by atoms with Gasteiger partial charge in [0, 0.05) is 8.07 Å². The zero-order valence-electron chi connectivity index (χ0n) is 10.3. The van der Waals surface area contributed by atoms with Crippen molar-refractivity contribution in [1.82, 2.24) is 0 Å². The summed E-state index contributed by atoms with van der Waals surface area (Å²) in [6.07, 6.45) is 7.56. The predicted octanol–water partition coefficient (Wildman–Crippen LogP) is 5.10. The van der Waals surface area contributed by atoms with Crippen LogP contribution in [0.15, 0.2) is 12.7 Å². The van der Waals surface area contributed by atoms with Crippen LogP contribution < -0.4 is 0 Å². The molecule has 0 aromatic carbocycles. The Kier molecular flexibility index (Phi) is 11.9. The van der Waals surface area contributed by atoms with E-state index in [1.165, 1.54) is 31.7 Å². The SMILES string of the molecule is C=CC[Si](C)(C)C.CCCCCC. The van der Waals surface area contributed by atoms with Gasteiger partial charge in [0.25, 0.3) is 0 Å². The molecule has 0 fully saturated rings. The maximum atomic E-state index is 3.68. The molecule has 0 heterocycles. The van der Waals surface area contributed by atoms with Crippen molar-refractivity contribution in [3.8, 4) is 0 Å². The van der Waals surface area contributed by atoms with E-state index in [-0.39, 0.29) is 0 Å². The van der Waals surface area contributed by atoms with Crippen molar-refractivity contribution >= 4 is 8.07 Å². The normalized spacial score (nSPS) is 10.2. The van der Waals surface area contributed by atoms with E-state index < -0.39 is 8.07 Å². The number of allylic oxidation sites excluding steroid dienone is 1. The summed E-state index contributed by atoms with van der Waals surface area (Å²) in [5, 5.41) is 0. The number of rotatable bonds is 5. The number of hydrogen-bond donors (Lipinski definition) is 0. The van der Waals surface area contributed by atoms with Crippen molar-refractivity contribution in [3.05, 3.63) is 12.7 Å². The molecule has 0 aliphatic rings. The van der Waals surface area contributed by atoms with E-state index >= 15 is 0 Å². The Morgan fingerprint density at radius 3 is 1.46 bits per heavy atom.